The number of rotatable bonds is 11. The third kappa shape index (κ3) is 6.83. The molecule has 7 nitrogen and oxygen atoms in total. The Hall–Kier alpha value is -2.63. The molecule has 0 unspecified atom stereocenters. The van der Waals surface area contributed by atoms with Gasteiger partial charge in [0, 0.05) is 38.2 Å². The van der Waals surface area contributed by atoms with Crippen LogP contribution in [0.25, 0.3) is 10.9 Å². The SMILES string of the molecule is CCOCCCNC(=S)NCCNc1nc2ccc(OCC)cc2cc1C#N. The predicted molar refractivity (Wildman–Crippen MR) is 116 cm³/mol. The number of anilines is 1. The Balaban J connectivity index is 1.84. The molecule has 0 saturated heterocycles. The van der Waals surface area contributed by atoms with E-state index in [4.69, 9.17) is 21.7 Å². The molecule has 0 bridgehead atoms. The second-order valence-electron chi connectivity index (χ2n) is 5.94. The van der Waals surface area contributed by atoms with Gasteiger partial charge in [-0.1, -0.05) is 0 Å². The summed E-state index contributed by atoms with van der Waals surface area (Å²) in [5.41, 5.74) is 1.31. The summed E-state index contributed by atoms with van der Waals surface area (Å²) >= 11 is 5.24. The molecule has 0 amide bonds. The average Bonchev–Trinajstić information content (AvgIpc) is 2.70. The van der Waals surface area contributed by atoms with Crippen LogP contribution < -0.4 is 20.7 Å². The van der Waals surface area contributed by atoms with Gasteiger partial charge in [0.05, 0.1) is 17.7 Å². The molecule has 1 aromatic carbocycles. The van der Waals surface area contributed by atoms with Gasteiger partial charge in [0.15, 0.2) is 5.11 Å². The smallest absolute Gasteiger partial charge is 0.166 e. The molecule has 0 atom stereocenters. The molecule has 2 aromatic rings. The van der Waals surface area contributed by atoms with E-state index < -0.39 is 0 Å². The fourth-order valence-electron chi connectivity index (χ4n) is 2.57. The summed E-state index contributed by atoms with van der Waals surface area (Å²) in [5.74, 6) is 1.34. The number of hydrogen-bond donors (Lipinski definition) is 3. The van der Waals surface area contributed by atoms with Crippen molar-refractivity contribution in [3.05, 3.63) is 29.8 Å². The lowest BCUT2D eigenvalue weighted by atomic mass is 10.1. The van der Waals surface area contributed by atoms with Crippen molar-refractivity contribution < 1.29 is 9.47 Å². The van der Waals surface area contributed by atoms with Gasteiger partial charge in [0.25, 0.3) is 0 Å². The maximum atomic E-state index is 9.44. The first-order chi connectivity index (χ1) is 13.7. The van der Waals surface area contributed by atoms with Crippen molar-refractivity contribution in [1.29, 1.82) is 5.26 Å². The zero-order valence-electron chi connectivity index (χ0n) is 16.4. The highest BCUT2D eigenvalue weighted by molar-refractivity contribution is 7.80. The first-order valence-electron chi connectivity index (χ1n) is 9.49. The maximum absolute atomic E-state index is 9.44. The number of nitrogens with one attached hydrogen (secondary N) is 3. The molecule has 2 rings (SSSR count). The Kier molecular flexibility index (Phi) is 9.25. The van der Waals surface area contributed by atoms with Crippen LogP contribution in [0.5, 0.6) is 5.75 Å². The molecular weight excluding hydrogens is 374 g/mol. The second-order valence-corrected chi connectivity index (χ2v) is 6.35. The maximum Gasteiger partial charge on any atom is 0.166 e. The number of thiocarbonyl (C=S) groups is 1. The van der Waals surface area contributed by atoms with Crippen LogP contribution in [0.15, 0.2) is 24.3 Å². The first-order valence-corrected chi connectivity index (χ1v) is 9.89. The van der Waals surface area contributed by atoms with Gasteiger partial charge in [0.2, 0.25) is 0 Å². The molecule has 0 saturated carbocycles. The summed E-state index contributed by atoms with van der Waals surface area (Å²) in [6.45, 7) is 7.95. The van der Waals surface area contributed by atoms with E-state index in [-0.39, 0.29) is 0 Å². The van der Waals surface area contributed by atoms with E-state index >= 15 is 0 Å². The molecule has 0 fully saturated rings. The van der Waals surface area contributed by atoms with Crippen LogP contribution in [0.3, 0.4) is 0 Å². The molecule has 0 aliphatic heterocycles. The van der Waals surface area contributed by atoms with E-state index in [2.05, 4.69) is 27.0 Å². The van der Waals surface area contributed by atoms with Crippen LogP contribution in [-0.2, 0) is 4.74 Å². The fraction of sp³-hybridized carbons (Fsp3) is 0.450. The van der Waals surface area contributed by atoms with Gasteiger partial charge in [0.1, 0.15) is 17.6 Å². The molecule has 1 heterocycles. The minimum atomic E-state index is 0.498. The molecule has 0 spiro atoms. The number of pyridine rings is 1. The molecular formula is C20H27N5O2S. The summed E-state index contributed by atoms with van der Waals surface area (Å²) in [4.78, 5) is 4.56. The average molecular weight is 402 g/mol. The molecule has 1 aromatic heterocycles. The van der Waals surface area contributed by atoms with E-state index in [0.717, 1.165) is 42.8 Å². The Morgan fingerprint density at radius 2 is 1.96 bits per heavy atom. The van der Waals surface area contributed by atoms with E-state index in [1.165, 1.54) is 0 Å². The number of nitrogens with zero attached hydrogens (tertiary/aromatic N) is 2. The number of hydrogen-bond acceptors (Lipinski definition) is 6. The Morgan fingerprint density at radius 1 is 1.14 bits per heavy atom. The monoisotopic (exact) mass is 401 g/mol. The van der Waals surface area contributed by atoms with Crippen molar-refractivity contribution in [2.24, 2.45) is 0 Å². The molecule has 0 radical (unpaired) electrons. The van der Waals surface area contributed by atoms with Crippen molar-refractivity contribution in [1.82, 2.24) is 15.6 Å². The van der Waals surface area contributed by atoms with E-state index in [0.29, 0.717) is 36.2 Å². The number of aromatic nitrogens is 1. The Bertz CT molecular complexity index is 822. The second kappa shape index (κ2) is 12.0. The fourth-order valence-corrected chi connectivity index (χ4v) is 2.78. The molecule has 0 aliphatic carbocycles. The third-order valence-corrected chi connectivity index (χ3v) is 4.16. The van der Waals surface area contributed by atoms with Gasteiger partial charge in [-0.05, 0) is 56.8 Å². The van der Waals surface area contributed by atoms with Crippen LogP contribution in [0, 0.1) is 11.3 Å². The van der Waals surface area contributed by atoms with Crippen LogP contribution in [0.4, 0.5) is 5.82 Å². The highest BCUT2D eigenvalue weighted by Gasteiger charge is 2.07. The standard InChI is InChI=1S/C20H27N5O2S/c1-3-26-11-5-8-23-20(28)24-10-9-22-19-16(14-21)12-15-13-17(27-4-2)6-7-18(15)25-19/h6-7,12-13H,3-5,8-11H2,1-2H3,(H,22,25)(H2,23,24,28). The van der Waals surface area contributed by atoms with E-state index in [1.807, 2.05) is 38.1 Å². The Morgan fingerprint density at radius 3 is 2.71 bits per heavy atom. The molecule has 3 N–H and O–H groups in total. The predicted octanol–water partition coefficient (Wildman–Crippen LogP) is 2.81. The summed E-state index contributed by atoms with van der Waals surface area (Å²) in [5, 5.41) is 20.4. The summed E-state index contributed by atoms with van der Waals surface area (Å²) in [6, 6.07) is 9.69. The van der Waals surface area contributed by atoms with Gasteiger partial charge >= 0.3 is 0 Å². The molecule has 150 valence electrons. The van der Waals surface area contributed by atoms with E-state index in [1.54, 1.807) is 0 Å². The van der Waals surface area contributed by atoms with Gasteiger partial charge in [-0.2, -0.15) is 5.26 Å². The van der Waals surface area contributed by atoms with Crippen LogP contribution in [-0.4, -0.2) is 49.6 Å². The van der Waals surface area contributed by atoms with Crippen molar-refractivity contribution in [2.75, 3.05) is 44.8 Å². The minimum Gasteiger partial charge on any atom is -0.494 e. The molecule has 0 aliphatic rings. The van der Waals surface area contributed by atoms with Crippen molar-refractivity contribution >= 4 is 34.1 Å². The van der Waals surface area contributed by atoms with Crippen LogP contribution in [0.1, 0.15) is 25.8 Å². The van der Waals surface area contributed by atoms with Gasteiger partial charge in [-0.25, -0.2) is 4.98 Å². The van der Waals surface area contributed by atoms with E-state index in [9.17, 15) is 5.26 Å². The normalized spacial score (nSPS) is 10.3. The lowest BCUT2D eigenvalue weighted by Gasteiger charge is -2.12. The number of fused-ring (bicyclic) bond motifs is 1. The van der Waals surface area contributed by atoms with Crippen LogP contribution in [0.2, 0.25) is 0 Å². The Labute approximate surface area is 171 Å². The highest BCUT2D eigenvalue weighted by atomic mass is 32.1. The van der Waals surface area contributed by atoms with Crippen LogP contribution >= 0.6 is 12.2 Å². The topological polar surface area (TPSA) is 91.2 Å². The largest absolute Gasteiger partial charge is 0.494 e. The van der Waals surface area contributed by atoms with Gasteiger partial charge in [-0.3, -0.25) is 0 Å². The number of ether oxygens (including phenoxy) is 2. The summed E-state index contributed by atoms with van der Waals surface area (Å²) in [6.07, 6.45) is 0.908. The first kappa shape index (κ1) is 21.7. The number of nitriles is 1. The summed E-state index contributed by atoms with van der Waals surface area (Å²) in [7, 11) is 0. The quantitative estimate of drug-likeness (QED) is 0.391. The molecule has 28 heavy (non-hydrogen) atoms. The molecule has 8 heteroatoms. The van der Waals surface area contributed by atoms with Crippen molar-refractivity contribution in [2.45, 2.75) is 20.3 Å². The zero-order chi connectivity index (χ0) is 20.2. The van der Waals surface area contributed by atoms with Gasteiger partial charge < -0.3 is 25.4 Å². The lowest BCUT2D eigenvalue weighted by Crippen LogP contribution is -2.38. The van der Waals surface area contributed by atoms with Gasteiger partial charge in [-0.15, -0.1) is 0 Å². The minimum absolute atomic E-state index is 0.498. The third-order valence-electron chi connectivity index (χ3n) is 3.88. The number of benzene rings is 1. The van der Waals surface area contributed by atoms with Crippen molar-refractivity contribution in [3.63, 3.8) is 0 Å². The van der Waals surface area contributed by atoms with Crippen molar-refractivity contribution in [3.8, 4) is 11.8 Å². The lowest BCUT2D eigenvalue weighted by molar-refractivity contribution is 0.145. The zero-order valence-corrected chi connectivity index (χ0v) is 17.2. The summed E-state index contributed by atoms with van der Waals surface area (Å²) < 4.78 is 10.8. The highest BCUT2D eigenvalue weighted by Crippen LogP contribution is 2.24.